The van der Waals surface area contributed by atoms with E-state index in [0.717, 1.165) is 40.4 Å². The van der Waals surface area contributed by atoms with Gasteiger partial charge in [0.2, 0.25) is 5.91 Å². The van der Waals surface area contributed by atoms with Crippen molar-refractivity contribution in [1.29, 1.82) is 0 Å². The first-order valence-corrected chi connectivity index (χ1v) is 9.91. The van der Waals surface area contributed by atoms with E-state index in [4.69, 9.17) is 4.42 Å². The van der Waals surface area contributed by atoms with E-state index >= 15 is 0 Å². The van der Waals surface area contributed by atoms with Gasteiger partial charge in [0.05, 0.1) is 12.7 Å². The summed E-state index contributed by atoms with van der Waals surface area (Å²) in [6, 6.07) is 11.2. The van der Waals surface area contributed by atoms with Gasteiger partial charge >= 0.3 is 6.03 Å². The summed E-state index contributed by atoms with van der Waals surface area (Å²) in [7, 11) is 0. The predicted molar refractivity (Wildman–Crippen MR) is 107 cm³/mol. The average Bonchev–Trinajstić information content (AvgIpc) is 3.23. The fourth-order valence-corrected chi connectivity index (χ4v) is 4.56. The number of imide groups is 1. The summed E-state index contributed by atoms with van der Waals surface area (Å²) in [6.07, 6.45) is 5.63. The molecule has 2 heterocycles. The summed E-state index contributed by atoms with van der Waals surface area (Å²) in [5.74, 6) is -0.796. The highest BCUT2D eigenvalue weighted by Gasteiger charge is 2.52. The highest BCUT2D eigenvalue weighted by atomic mass is 16.3. The molecule has 1 aliphatic heterocycles. The maximum absolute atomic E-state index is 12.8. The molecule has 2 aromatic carbocycles. The normalized spacial score (nSPS) is 18.6. The van der Waals surface area contributed by atoms with Crippen molar-refractivity contribution in [3.8, 4) is 0 Å². The maximum Gasteiger partial charge on any atom is 0.344 e. The van der Waals surface area contributed by atoms with Gasteiger partial charge < -0.3 is 9.73 Å². The number of carbonyl (C=O) groups is 3. The number of hydrogen-bond acceptors (Lipinski definition) is 4. The molecule has 1 aliphatic carbocycles. The molecule has 0 bridgehead atoms. The standard InChI is InChI=1S/C22H21N3O4/c26-18(24-25-20(27)22(23-21(25)28)10-4-1-5-11-22)12-15-13-29-17-9-8-14-6-2-3-7-16(14)19(15)17/h2-3,6-9,13H,1,4-5,10-12H2,(H,23,28)(H,24,26). The van der Waals surface area contributed by atoms with Gasteiger partial charge in [-0.05, 0) is 29.7 Å². The highest BCUT2D eigenvalue weighted by Crippen LogP contribution is 2.33. The van der Waals surface area contributed by atoms with Crippen molar-refractivity contribution in [2.45, 2.75) is 44.1 Å². The van der Waals surface area contributed by atoms with Crippen LogP contribution in [0.5, 0.6) is 0 Å². The second-order valence-corrected chi connectivity index (χ2v) is 7.85. The van der Waals surface area contributed by atoms with Gasteiger partial charge in [-0.2, -0.15) is 5.01 Å². The summed E-state index contributed by atoms with van der Waals surface area (Å²) in [4.78, 5) is 37.9. The zero-order valence-electron chi connectivity index (χ0n) is 15.9. The zero-order valence-corrected chi connectivity index (χ0v) is 15.9. The van der Waals surface area contributed by atoms with Gasteiger partial charge in [0.15, 0.2) is 0 Å². The van der Waals surface area contributed by atoms with Gasteiger partial charge in [-0.15, -0.1) is 0 Å². The molecule has 1 saturated carbocycles. The lowest BCUT2D eigenvalue weighted by Crippen LogP contribution is -2.51. The Morgan fingerprint density at radius 1 is 1.10 bits per heavy atom. The Bertz CT molecular complexity index is 1140. The molecule has 29 heavy (non-hydrogen) atoms. The molecule has 1 spiro atoms. The number of hydrazine groups is 1. The molecule has 0 atom stereocenters. The quantitative estimate of drug-likeness (QED) is 0.669. The van der Waals surface area contributed by atoms with E-state index in [9.17, 15) is 14.4 Å². The number of fused-ring (bicyclic) bond motifs is 3. The third-order valence-corrected chi connectivity index (χ3v) is 6.00. The van der Waals surface area contributed by atoms with Crippen LogP contribution in [0.15, 0.2) is 47.1 Å². The van der Waals surface area contributed by atoms with Crippen LogP contribution in [-0.2, 0) is 16.0 Å². The van der Waals surface area contributed by atoms with Crippen LogP contribution in [-0.4, -0.2) is 28.4 Å². The van der Waals surface area contributed by atoms with E-state index in [-0.39, 0.29) is 12.3 Å². The van der Waals surface area contributed by atoms with Crippen molar-refractivity contribution < 1.29 is 18.8 Å². The number of rotatable bonds is 3. The maximum atomic E-state index is 12.8. The van der Waals surface area contributed by atoms with Crippen molar-refractivity contribution in [1.82, 2.24) is 15.8 Å². The Labute approximate surface area is 167 Å². The fourth-order valence-electron chi connectivity index (χ4n) is 4.56. The fraction of sp³-hybridized carbons (Fsp3) is 0.318. The summed E-state index contributed by atoms with van der Waals surface area (Å²) >= 11 is 0. The van der Waals surface area contributed by atoms with E-state index in [1.807, 2.05) is 36.4 Å². The Balaban J connectivity index is 1.38. The van der Waals surface area contributed by atoms with E-state index < -0.39 is 17.5 Å². The van der Waals surface area contributed by atoms with Crippen molar-refractivity contribution in [2.75, 3.05) is 0 Å². The van der Waals surface area contributed by atoms with Crippen LogP contribution < -0.4 is 10.7 Å². The minimum atomic E-state index is -0.860. The van der Waals surface area contributed by atoms with Crippen molar-refractivity contribution in [3.05, 3.63) is 48.2 Å². The number of nitrogens with zero attached hydrogens (tertiary/aromatic N) is 1. The van der Waals surface area contributed by atoms with Crippen molar-refractivity contribution in [3.63, 3.8) is 0 Å². The second kappa shape index (κ2) is 6.62. The number of carbonyl (C=O) groups excluding carboxylic acids is 3. The molecule has 7 nitrogen and oxygen atoms in total. The first-order chi connectivity index (χ1) is 14.1. The number of furan rings is 1. The monoisotopic (exact) mass is 391 g/mol. The molecule has 2 aliphatic rings. The van der Waals surface area contributed by atoms with Crippen LogP contribution in [0, 0.1) is 0 Å². The SMILES string of the molecule is O=C(Cc1coc2ccc3ccccc3c12)NN1C(=O)NC2(CCCCC2)C1=O. The Kier molecular flexibility index (Phi) is 4.04. The molecular weight excluding hydrogens is 370 g/mol. The van der Waals surface area contributed by atoms with Crippen molar-refractivity contribution in [2.24, 2.45) is 0 Å². The molecule has 2 fully saturated rings. The molecule has 3 aromatic rings. The molecule has 0 radical (unpaired) electrons. The van der Waals surface area contributed by atoms with Crippen LogP contribution in [0.2, 0.25) is 0 Å². The lowest BCUT2D eigenvalue weighted by Gasteiger charge is -2.30. The van der Waals surface area contributed by atoms with Crippen molar-refractivity contribution >= 4 is 39.6 Å². The predicted octanol–water partition coefficient (Wildman–Crippen LogP) is 3.41. The Morgan fingerprint density at radius 2 is 1.90 bits per heavy atom. The largest absolute Gasteiger partial charge is 0.464 e. The lowest BCUT2D eigenvalue weighted by atomic mass is 9.82. The van der Waals surface area contributed by atoms with E-state index in [1.165, 1.54) is 0 Å². The summed E-state index contributed by atoms with van der Waals surface area (Å²) < 4.78 is 5.62. The van der Waals surface area contributed by atoms with Gasteiger partial charge in [-0.25, -0.2) is 4.79 Å². The van der Waals surface area contributed by atoms with E-state index in [0.29, 0.717) is 24.0 Å². The molecule has 4 amide bonds. The van der Waals surface area contributed by atoms with Crippen LogP contribution in [0.1, 0.15) is 37.7 Å². The minimum Gasteiger partial charge on any atom is -0.464 e. The minimum absolute atomic E-state index is 0.00503. The van der Waals surface area contributed by atoms with Crippen LogP contribution in [0.4, 0.5) is 4.79 Å². The first kappa shape index (κ1) is 17.7. The smallest absolute Gasteiger partial charge is 0.344 e. The topological polar surface area (TPSA) is 91.7 Å². The van der Waals surface area contributed by atoms with Gasteiger partial charge in [0, 0.05) is 10.9 Å². The summed E-state index contributed by atoms with van der Waals surface area (Å²) in [5.41, 5.74) is 3.05. The van der Waals surface area contributed by atoms with Crippen LogP contribution in [0.25, 0.3) is 21.7 Å². The van der Waals surface area contributed by atoms with Crippen LogP contribution >= 0.6 is 0 Å². The number of benzene rings is 2. The van der Waals surface area contributed by atoms with Gasteiger partial charge in [0.25, 0.3) is 5.91 Å². The molecule has 1 saturated heterocycles. The molecule has 148 valence electrons. The second-order valence-electron chi connectivity index (χ2n) is 7.85. The molecular formula is C22H21N3O4. The van der Waals surface area contributed by atoms with Gasteiger partial charge in [0.1, 0.15) is 11.1 Å². The Morgan fingerprint density at radius 3 is 2.72 bits per heavy atom. The summed E-state index contributed by atoms with van der Waals surface area (Å²) in [6.45, 7) is 0. The Hall–Kier alpha value is -3.35. The molecule has 7 heteroatoms. The number of hydrogen-bond donors (Lipinski definition) is 2. The zero-order chi connectivity index (χ0) is 20.0. The number of urea groups is 1. The third-order valence-electron chi connectivity index (χ3n) is 6.00. The highest BCUT2D eigenvalue weighted by molar-refractivity contribution is 6.10. The number of nitrogens with one attached hydrogen (secondary N) is 2. The van der Waals surface area contributed by atoms with E-state index in [1.54, 1.807) is 6.26 Å². The molecule has 0 unspecified atom stereocenters. The van der Waals surface area contributed by atoms with Crippen LogP contribution in [0.3, 0.4) is 0 Å². The average molecular weight is 391 g/mol. The van der Waals surface area contributed by atoms with Gasteiger partial charge in [-0.3, -0.25) is 15.0 Å². The molecule has 1 aromatic heterocycles. The van der Waals surface area contributed by atoms with E-state index in [2.05, 4.69) is 10.7 Å². The first-order valence-electron chi connectivity index (χ1n) is 9.91. The molecule has 2 N–H and O–H groups in total. The lowest BCUT2D eigenvalue weighted by molar-refractivity contribution is -0.139. The number of amides is 4. The molecule has 5 rings (SSSR count). The third kappa shape index (κ3) is 2.85. The van der Waals surface area contributed by atoms with Gasteiger partial charge in [-0.1, -0.05) is 49.6 Å². The summed E-state index contributed by atoms with van der Waals surface area (Å²) in [5, 5.41) is 6.56.